The van der Waals surface area contributed by atoms with Gasteiger partial charge in [-0.1, -0.05) is 18.2 Å². The summed E-state index contributed by atoms with van der Waals surface area (Å²) in [6, 6.07) is 4.09. The molecular weight excluding hydrogens is 352 g/mol. The number of carbonyl (C=O) groups excluding carboxylic acids is 2. The summed E-state index contributed by atoms with van der Waals surface area (Å²) >= 11 is 0. The molecule has 0 saturated carbocycles. The van der Waals surface area contributed by atoms with Gasteiger partial charge in [-0.3, -0.25) is 14.4 Å². The number of benzene rings is 1. The SMILES string of the molecule is CC(NC(=O)C(Cc1c[nH]c2ccccc12)NC(=O)C(N)C(C)O)C(=O)O. The number of hydrogen-bond donors (Lipinski definition) is 6. The van der Waals surface area contributed by atoms with Gasteiger partial charge in [0.2, 0.25) is 11.8 Å². The molecular formula is C18H24N4O5. The van der Waals surface area contributed by atoms with E-state index in [1.807, 2.05) is 24.3 Å². The fourth-order valence-corrected chi connectivity index (χ4v) is 2.59. The molecule has 0 aliphatic heterocycles. The Morgan fingerprint density at radius 2 is 1.81 bits per heavy atom. The maximum atomic E-state index is 12.5. The molecule has 0 spiro atoms. The van der Waals surface area contributed by atoms with Crippen LogP contribution in [-0.2, 0) is 20.8 Å². The van der Waals surface area contributed by atoms with E-state index in [9.17, 15) is 19.5 Å². The van der Waals surface area contributed by atoms with Crippen LogP contribution in [-0.4, -0.2) is 57.2 Å². The van der Waals surface area contributed by atoms with Crippen molar-refractivity contribution in [2.75, 3.05) is 0 Å². The number of fused-ring (bicyclic) bond motifs is 1. The predicted molar refractivity (Wildman–Crippen MR) is 98.8 cm³/mol. The fraction of sp³-hybridized carbons (Fsp3) is 0.389. The molecule has 1 heterocycles. The lowest BCUT2D eigenvalue weighted by Crippen LogP contribution is -2.56. The fourth-order valence-electron chi connectivity index (χ4n) is 2.59. The summed E-state index contributed by atoms with van der Waals surface area (Å²) in [6.07, 6.45) is 0.756. The van der Waals surface area contributed by atoms with E-state index in [-0.39, 0.29) is 6.42 Å². The van der Waals surface area contributed by atoms with Crippen molar-refractivity contribution in [2.45, 2.75) is 44.5 Å². The maximum absolute atomic E-state index is 12.5. The Morgan fingerprint density at radius 1 is 1.15 bits per heavy atom. The van der Waals surface area contributed by atoms with Crippen molar-refractivity contribution in [1.29, 1.82) is 0 Å². The number of nitrogens with one attached hydrogen (secondary N) is 3. The van der Waals surface area contributed by atoms with E-state index < -0.39 is 42.0 Å². The number of aliphatic hydroxyl groups is 1. The van der Waals surface area contributed by atoms with Crippen molar-refractivity contribution in [3.63, 3.8) is 0 Å². The molecule has 2 rings (SSSR count). The van der Waals surface area contributed by atoms with Gasteiger partial charge in [0.25, 0.3) is 0 Å². The van der Waals surface area contributed by atoms with E-state index in [0.29, 0.717) is 0 Å². The van der Waals surface area contributed by atoms with Crippen LogP contribution in [0.5, 0.6) is 0 Å². The third-order valence-corrected chi connectivity index (χ3v) is 4.28. The highest BCUT2D eigenvalue weighted by atomic mass is 16.4. The van der Waals surface area contributed by atoms with Gasteiger partial charge in [0.15, 0.2) is 0 Å². The Labute approximate surface area is 155 Å². The number of H-pyrrole nitrogens is 1. The van der Waals surface area contributed by atoms with Crippen LogP contribution in [0.15, 0.2) is 30.5 Å². The van der Waals surface area contributed by atoms with Crippen molar-refractivity contribution in [3.05, 3.63) is 36.0 Å². The molecule has 27 heavy (non-hydrogen) atoms. The van der Waals surface area contributed by atoms with E-state index in [4.69, 9.17) is 10.8 Å². The van der Waals surface area contributed by atoms with Crippen LogP contribution in [0, 0.1) is 0 Å². The zero-order chi connectivity index (χ0) is 20.1. The second kappa shape index (κ2) is 8.65. The van der Waals surface area contributed by atoms with E-state index in [1.165, 1.54) is 13.8 Å². The number of nitrogens with two attached hydrogens (primary N) is 1. The molecule has 7 N–H and O–H groups in total. The number of rotatable bonds is 8. The zero-order valence-corrected chi connectivity index (χ0v) is 15.1. The van der Waals surface area contributed by atoms with Gasteiger partial charge in [-0.2, -0.15) is 0 Å². The Balaban J connectivity index is 2.24. The van der Waals surface area contributed by atoms with Crippen LogP contribution < -0.4 is 16.4 Å². The molecule has 9 heteroatoms. The standard InChI is InChI=1S/C18H24N4O5/c1-9(18(26)27)21-16(24)14(22-17(25)15(19)10(2)23)7-11-8-20-13-6-4-3-5-12(11)13/h3-6,8-10,14-15,20,23H,7,19H2,1-2H3,(H,21,24)(H,22,25)(H,26,27). The first-order valence-corrected chi connectivity index (χ1v) is 8.53. The van der Waals surface area contributed by atoms with E-state index >= 15 is 0 Å². The molecule has 0 aliphatic carbocycles. The van der Waals surface area contributed by atoms with E-state index in [1.54, 1.807) is 6.20 Å². The Kier molecular flexibility index (Phi) is 6.54. The van der Waals surface area contributed by atoms with Crippen LogP contribution in [0.25, 0.3) is 10.9 Å². The quantitative estimate of drug-likeness (QED) is 0.364. The van der Waals surface area contributed by atoms with Gasteiger partial charge in [-0.05, 0) is 25.5 Å². The number of aromatic nitrogens is 1. The highest BCUT2D eigenvalue weighted by Crippen LogP contribution is 2.19. The molecule has 2 aromatic rings. The minimum atomic E-state index is -1.21. The summed E-state index contributed by atoms with van der Waals surface area (Å²) in [7, 11) is 0. The van der Waals surface area contributed by atoms with Crippen molar-refractivity contribution in [1.82, 2.24) is 15.6 Å². The van der Waals surface area contributed by atoms with Gasteiger partial charge in [-0.25, -0.2) is 0 Å². The highest BCUT2D eigenvalue weighted by molar-refractivity contribution is 5.93. The average molecular weight is 376 g/mol. The van der Waals surface area contributed by atoms with Crippen LogP contribution in [0.4, 0.5) is 0 Å². The number of aliphatic hydroxyl groups excluding tert-OH is 1. The summed E-state index contributed by atoms with van der Waals surface area (Å²) in [5.74, 6) is -2.55. The third-order valence-electron chi connectivity index (χ3n) is 4.28. The van der Waals surface area contributed by atoms with Crippen LogP contribution in [0.2, 0.25) is 0 Å². The van der Waals surface area contributed by atoms with Gasteiger partial charge >= 0.3 is 5.97 Å². The number of carboxylic acid groups (broad SMARTS) is 1. The second-order valence-corrected chi connectivity index (χ2v) is 6.46. The molecule has 4 atom stereocenters. The van der Waals surface area contributed by atoms with Crippen molar-refractivity contribution in [2.24, 2.45) is 5.73 Å². The molecule has 1 aromatic heterocycles. The van der Waals surface area contributed by atoms with Gasteiger partial charge in [-0.15, -0.1) is 0 Å². The largest absolute Gasteiger partial charge is 0.480 e. The van der Waals surface area contributed by atoms with Crippen molar-refractivity contribution in [3.8, 4) is 0 Å². The maximum Gasteiger partial charge on any atom is 0.325 e. The van der Waals surface area contributed by atoms with E-state index in [2.05, 4.69) is 15.6 Å². The van der Waals surface area contributed by atoms with Crippen LogP contribution >= 0.6 is 0 Å². The predicted octanol–water partition coefficient (Wildman–Crippen LogP) is -0.507. The lowest BCUT2D eigenvalue weighted by atomic mass is 10.0. The number of para-hydroxylation sites is 1. The van der Waals surface area contributed by atoms with Gasteiger partial charge in [0.05, 0.1) is 6.10 Å². The monoisotopic (exact) mass is 376 g/mol. The molecule has 0 bridgehead atoms. The molecule has 1 aromatic carbocycles. The van der Waals surface area contributed by atoms with Crippen LogP contribution in [0.3, 0.4) is 0 Å². The molecule has 0 radical (unpaired) electrons. The third kappa shape index (κ3) is 5.05. The molecule has 9 nitrogen and oxygen atoms in total. The molecule has 0 fully saturated rings. The Morgan fingerprint density at radius 3 is 2.44 bits per heavy atom. The number of aromatic amines is 1. The number of carboxylic acids is 1. The minimum Gasteiger partial charge on any atom is -0.480 e. The first-order chi connectivity index (χ1) is 12.7. The number of amides is 2. The summed E-state index contributed by atoms with van der Waals surface area (Å²) in [6.45, 7) is 2.69. The lowest BCUT2D eigenvalue weighted by Gasteiger charge is -2.22. The lowest BCUT2D eigenvalue weighted by molar-refractivity contribution is -0.141. The van der Waals surface area contributed by atoms with Gasteiger partial charge < -0.3 is 31.6 Å². The molecule has 2 amide bonds. The molecule has 0 aliphatic rings. The normalized spacial score (nSPS) is 15.6. The number of carbonyl (C=O) groups is 3. The minimum absolute atomic E-state index is 0.125. The van der Waals surface area contributed by atoms with Crippen LogP contribution in [0.1, 0.15) is 19.4 Å². The topological polar surface area (TPSA) is 158 Å². The molecule has 4 unspecified atom stereocenters. The Bertz CT molecular complexity index is 832. The number of aliphatic carboxylic acids is 1. The van der Waals surface area contributed by atoms with Crippen molar-refractivity contribution >= 4 is 28.7 Å². The highest BCUT2D eigenvalue weighted by Gasteiger charge is 2.28. The average Bonchev–Trinajstić information content (AvgIpc) is 3.03. The molecule has 0 saturated heterocycles. The molecule has 146 valence electrons. The Hall–Kier alpha value is -2.91. The first kappa shape index (κ1) is 20.4. The zero-order valence-electron chi connectivity index (χ0n) is 15.1. The van der Waals surface area contributed by atoms with Gasteiger partial charge in [0.1, 0.15) is 18.1 Å². The second-order valence-electron chi connectivity index (χ2n) is 6.46. The smallest absolute Gasteiger partial charge is 0.325 e. The summed E-state index contributed by atoms with van der Waals surface area (Å²) in [5.41, 5.74) is 7.28. The van der Waals surface area contributed by atoms with E-state index in [0.717, 1.165) is 16.5 Å². The van der Waals surface area contributed by atoms with Gasteiger partial charge in [0, 0.05) is 23.5 Å². The van der Waals surface area contributed by atoms with Crippen molar-refractivity contribution < 1.29 is 24.6 Å². The summed E-state index contributed by atoms with van der Waals surface area (Å²) < 4.78 is 0. The summed E-state index contributed by atoms with van der Waals surface area (Å²) in [4.78, 5) is 38.8. The number of hydrogen-bond acceptors (Lipinski definition) is 5. The first-order valence-electron chi connectivity index (χ1n) is 8.53. The summed E-state index contributed by atoms with van der Waals surface area (Å²) in [5, 5.41) is 24.2.